The normalized spacial score (nSPS) is 28.5. The van der Waals surface area contributed by atoms with E-state index in [1.807, 2.05) is 0 Å². The van der Waals surface area contributed by atoms with E-state index in [1.165, 1.54) is 12.8 Å². The van der Waals surface area contributed by atoms with Gasteiger partial charge in [0.05, 0.1) is 0 Å². The molecule has 2 atom stereocenters. The van der Waals surface area contributed by atoms with Gasteiger partial charge in [0, 0.05) is 25.0 Å². The zero-order chi connectivity index (χ0) is 9.68. The lowest BCUT2D eigenvalue weighted by Gasteiger charge is -2.29. The summed E-state index contributed by atoms with van der Waals surface area (Å²) in [6, 6.07) is 0.309. The van der Waals surface area contributed by atoms with Gasteiger partial charge >= 0.3 is 0 Å². The molecule has 0 radical (unpaired) electrons. The number of amides is 1. The minimum Gasteiger partial charge on any atom is -0.352 e. The van der Waals surface area contributed by atoms with Gasteiger partial charge in [0.25, 0.3) is 0 Å². The monoisotopic (exact) mass is 185 g/mol. The van der Waals surface area contributed by atoms with Crippen molar-refractivity contribution in [3.8, 4) is 0 Å². The summed E-state index contributed by atoms with van der Waals surface area (Å²) in [6.45, 7) is 0.411. The topological polar surface area (TPSA) is 81.1 Å². The zero-order valence-electron chi connectivity index (χ0n) is 7.96. The van der Waals surface area contributed by atoms with Gasteiger partial charge in [-0.2, -0.15) is 0 Å². The Labute approximate surface area is 79.0 Å². The molecule has 4 heteroatoms. The summed E-state index contributed by atoms with van der Waals surface area (Å²) in [6.07, 6.45) is 4.79. The van der Waals surface area contributed by atoms with Crippen molar-refractivity contribution in [2.45, 2.75) is 44.2 Å². The van der Waals surface area contributed by atoms with Gasteiger partial charge < -0.3 is 16.8 Å². The molecule has 0 aromatic heterocycles. The van der Waals surface area contributed by atoms with Crippen LogP contribution in [0.4, 0.5) is 0 Å². The first kappa shape index (κ1) is 10.5. The van der Waals surface area contributed by atoms with Gasteiger partial charge in [-0.25, -0.2) is 0 Å². The molecule has 0 spiro atoms. The van der Waals surface area contributed by atoms with Gasteiger partial charge in [0.1, 0.15) is 0 Å². The fraction of sp³-hybridized carbons (Fsp3) is 0.889. The van der Waals surface area contributed by atoms with E-state index in [4.69, 9.17) is 11.5 Å². The summed E-state index contributed by atoms with van der Waals surface area (Å²) in [7, 11) is 0. The van der Waals surface area contributed by atoms with Crippen molar-refractivity contribution in [1.29, 1.82) is 0 Å². The number of nitrogens with two attached hydrogens (primary N) is 2. The Morgan fingerprint density at radius 1 is 1.38 bits per heavy atom. The molecule has 5 N–H and O–H groups in total. The molecule has 1 aliphatic carbocycles. The van der Waals surface area contributed by atoms with Crippen molar-refractivity contribution >= 4 is 5.91 Å². The summed E-state index contributed by atoms with van der Waals surface area (Å²) in [4.78, 5) is 11.2. The van der Waals surface area contributed by atoms with E-state index in [0.29, 0.717) is 13.0 Å². The highest BCUT2D eigenvalue weighted by molar-refractivity contribution is 5.76. The third kappa shape index (κ3) is 3.32. The summed E-state index contributed by atoms with van der Waals surface area (Å²) < 4.78 is 0. The first-order valence-electron chi connectivity index (χ1n) is 4.99. The highest BCUT2D eigenvalue weighted by Crippen LogP contribution is 2.16. The maximum Gasteiger partial charge on any atom is 0.221 e. The van der Waals surface area contributed by atoms with Crippen LogP contribution in [0.2, 0.25) is 0 Å². The Kier molecular flexibility index (Phi) is 4.18. The van der Waals surface area contributed by atoms with E-state index in [2.05, 4.69) is 5.32 Å². The molecule has 1 aliphatic rings. The Hall–Kier alpha value is -0.610. The van der Waals surface area contributed by atoms with Crippen LogP contribution in [0, 0.1) is 0 Å². The van der Waals surface area contributed by atoms with Gasteiger partial charge in [0.15, 0.2) is 0 Å². The maximum absolute atomic E-state index is 11.2. The number of nitrogens with one attached hydrogen (secondary N) is 1. The van der Waals surface area contributed by atoms with Crippen molar-refractivity contribution in [3.63, 3.8) is 0 Å². The lowest BCUT2D eigenvalue weighted by atomic mass is 9.91. The Morgan fingerprint density at radius 2 is 2.08 bits per heavy atom. The summed E-state index contributed by atoms with van der Waals surface area (Å²) in [5.41, 5.74) is 11.2. The van der Waals surface area contributed by atoms with Crippen LogP contribution in [-0.4, -0.2) is 24.5 Å². The van der Waals surface area contributed by atoms with Crippen molar-refractivity contribution in [1.82, 2.24) is 5.32 Å². The molecule has 1 rings (SSSR count). The van der Waals surface area contributed by atoms with E-state index in [0.717, 1.165) is 12.8 Å². The minimum atomic E-state index is 0.0323. The number of carbonyl (C=O) groups is 1. The summed E-state index contributed by atoms with van der Waals surface area (Å²) in [5.74, 6) is 0.0323. The van der Waals surface area contributed by atoms with E-state index >= 15 is 0 Å². The van der Waals surface area contributed by atoms with Gasteiger partial charge in [-0.15, -0.1) is 0 Å². The van der Waals surface area contributed by atoms with Crippen LogP contribution < -0.4 is 16.8 Å². The lowest BCUT2D eigenvalue weighted by molar-refractivity contribution is -0.121. The number of carbonyl (C=O) groups excluding carboxylic acids is 1. The molecule has 13 heavy (non-hydrogen) atoms. The Bertz CT molecular complexity index is 172. The molecule has 0 aromatic carbocycles. The SMILES string of the molecule is NCCC(=O)N[C@@H]1CCCC[C@H]1N. The standard InChI is InChI=1S/C9H19N3O/c10-6-5-9(13)12-8-4-2-1-3-7(8)11/h7-8H,1-6,10-11H2,(H,12,13)/t7-,8-/m1/s1. The fourth-order valence-corrected chi connectivity index (χ4v) is 1.75. The largest absolute Gasteiger partial charge is 0.352 e. The second kappa shape index (κ2) is 5.19. The van der Waals surface area contributed by atoms with Gasteiger partial charge in [-0.05, 0) is 12.8 Å². The smallest absolute Gasteiger partial charge is 0.221 e. The molecule has 0 saturated heterocycles. The molecule has 0 aliphatic heterocycles. The second-order valence-electron chi connectivity index (χ2n) is 3.66. The van der Waals surface area contributed by atoms with Crippen LogP contribution in [0.15, 0.2) is 0 Å². The van der Waals surface area contributed by atoms with Gasteiger partial charge in [-0.1, -0.05) is 12.8 Å². The third-order valence-electron chi connectivity index (χ3n) is 2.54. The molecule has 0 heterocycles. The van der Waals surface area contributed by atoms with Crippen LogP contribution in [0.25, 0.3) is 0 Å². The predicted octanol–water partition coefficient (Wildman–Crippen LogP) is -0.279. The second-order valence-corrected chi connectivity index (χ2v) is 3.66. The zero-order valence-corrected chi connectivity index (χ0v) is 7.96. The predicted molar refractivity (Wildman–Crippen MR) is 52.0 cm³/mol. The summed E-state index contributed by atoms with van der Waals surface area (Å²) >= 11 is 0. The average molecular weight is 185 g/mol. The van der Waals surface area contributed by atoms with E-state index < -0.39 is 0 Å². The van der Waals surface area contributed by atoms with Crippen LogP contribution in [0.5, 0.6) is 0 Å². The first-order chi connectivity index (χ1) is 6.24. The van der Waals surface area contributed by atoms with Crippen LogP contribution in [0.1, 0.15) is 32.1 Å². The third-order valence-corrected chi connectivity index (χ3v) is 2.54. The molecular weight excluding hydrogens is 166 g/mol. The van der Waals surface area contributed by atoms with Crippen LogP contribution in [-0.2, 0) is 4.79 Å². The maximum atomic E-state index is 11.2. The molecule has 0 aromatic rings. The molecule has 4 nitrogen and oxygen atoms in total. The van der Waals surface area contributed by atoms with E-state index in [-0.39, 0.29) is 18.0 Å². The molecule has 76 valence electrons. The highest BCUT2D eigenvalue weighted by Gasteiger charge is 2.22. The van der Waals surface area contributed by atoms with Crippen molar-refractivity contribution in [2.24, 2.45) is 11.5 Å². The molecule has 1 saturated carbocycles. The number of hydrogen-bond donors (Lipinski definition) is 3. The molecule has 1 amide bonds. The van der Waals surface area contributed by atoms with E-state index in [1.54, 1.807) is 0 Å². The minimum absolute atomic E-state index is 0.0323. The van der Waals surface area contributed by atoms with Crippen molar-refractivity contribution in [3.05, 3.63) is 0 Å². The fourth-order valence-electron chi connectivity index (χ4n) is 1.75. The first-order valence-corrected chi connectivity index (χ1v) is 4.99. The quantitative estimate of drug-likeness (QED) is 0.565. The summed E-state index contributed by atoms with van der Waals surface area (Å²) in [5, 5.41) is 2.93. The average Bonchev–Trinajstić information content (AvgIpc) is 2.09. The van der Waals surface area contributed by atoms with Gasteiger partial charge in [0.2, 0.25) is 5.91 Å². The molecule has 0 unspecified atom stereocenters. The van der Waals surface area contributed by atoms with Crippen molar-refractivity contribution in [2.75, 3.05) is 6.54 Å². The van der Waals surface area contributed by atoms with Crippen LogP contribution >= 0.6 is 0 Å². The van der Waals surface area contributed by atoms with E-state index in [9.17, 15) is 4.79 Å². The molecule has 1 fully saturated rings. The number of rotatable bonds is 3. The lowest BCUT2D eigenvalue weighted by Crippen LogP contribution is -2.49. The highest BCUT2D eigenvalue weighted by atomic mass is 16.1. The van der Waals surface area contributed by atoms with Crippen molar-refractivity contribution < 1.29 is 4.79 Å². The number of hydrogen-bond acceptors (Lipinski definition) is 3. The Morgan fingerprint density at radius 3 is 2.69 bits per heavy atom. The molecular formula is C9H19N3O. The van der Waals surface area contributed by atoms with Gasteiger partial charge in [-0.3, -0.25) is 4.79 Å². The molecule has 0 bridgehead atoms. The Balaban J connectivity index is 2.29. The van der Waals surface area contributed by atoms with Crippen LogP contribution in [0.3, 0.4) is 0 Å².